The van der Waals surface area contributed by atoms with Crippen LogP contribution in [0, 0.1) is 0 Å². The number of aromatic nitrogens is 2. The van der Waals surface area contributed by atoms with Crippen LogP contribution in [0.1, 0.15) is 18.5 Å². The Morgan fingerprint density at radius 1 is 1.17 bits per heavy atom. The van der Waals surface area contributed by atoms with Crippen LogP contribution in [0.2, 0.25) is 15.1 Å². The smallest absolute Gasteiger partial charge is 0.236 e. The maximum Gasteiger partial charge on any atom is 0.236 e. The van der Waals surface area contributed by atoms with Gasteiger partial charge in [0.15, 0.2) is 5.82 Å². The fraction of sp³-hybridized carbons (Fsp3) is 0.450. The van der Waals surface area contributed by atoms with E-state index in [1.807, 2.05) is 36.9 Å². The highest BCUT2D eigenvalue weighted by Crippen LogP contribution is 2.30. The van der Waals surface area contributed by atoms with Gasteiger partial charge in [-0.2, -0.15) is 4.98 Å². The van der Waals surface area contributed by atoms with E-state index in [-0.39, 0.29) is 11.9 Å². The summed E-state index contributed by atoms with van der Waals surface area (Å²) >= 11 is 18.6. The van der Waals surface area contributed by atoms with Gasteiger partial charge in [-0.1, -0.05) is 40.9 Å². The summed E-state index contributed by atoms with van der Waals surface area (Å²) in [5.41, 5.74) is 0.894. The molecule has 1 aromatic heterocycles. The molecule has 1 saturated heterocycles. The van der Waals surface area contributed by atoms with Crippen LogP contribution >= 0.6 is 34.8 Å². The van der Waals surface area contributed by atoms with E-state index < -0.39 is 0 Å². The van der Waals surface area contributed by atoms with Crippen LogP contribution < -0.4 is 10.2 Å². The fourth-order valence-corrected chi connectivity index (χ4v) is 3.99. The van der Waals surface area contributed by atoms with Crippen LogP contribution in [-0.2, 0) is 4.79 Å². The molecule has 10 heteroatoms. The van der Waals surface area contributed by atoms with Crippen LogP contribution in [0.5, 0.6) is 0 Å². The lowest BCUT2D eigenvalue weighted by atomic mass is 10.1. The quantitative estimate of drug-likeness (QED) is 0.691. The number of hydrogen-bond acceptors (Lipinski definition) is 6. The Balaban J connectivity index is 1.68. The van der Waals surface area contributed by atoms with Crippen molar-refractivity contribution in [1.29, 1.82) is 0 Å². The molecule has 3 rings (SSSR count). The number of carbonyl (C=O) groups is 1. The third-order valence-electron chi connectivity index (χ3n) is 4.88. The molecule has 0 aliphatic carbocycles. The number of benzene rings is 1. The molecule has 1 aliphatic heterocycles. The highest BCUT2D eigenvalue weighted by atomic mass is 35.5. The van der Waals surface area contributed by atoms with Crippen molar-refractivity contribution in [2.24, 2.45) is 0 Å². The molecule has 2 aromatic rings. The third kappa shape index (κ3) is 5.66. The highest BCUT2D eigenvalue weighted by Gasteiger charge is 2.23. The van der Waals surface area contributed by atoms with Gasteiger partial charge >= 0.3 is 0 Å². The molecular weight excluding hydrogens is 447 g/mol. The van der Waals surface area contributed by atoms with Crippen molar-refractivity contribution < 1.29 is 4.79 Å². The van der Waals surface area contributed by atoms with Crippen molar-refractivity contribution >= 4 is 52.5 Å². The van der Waals surface area contributed by atoms with Gasteiger partial charge < -0.3 is 20.0 Å². The molecule has 2 heterocycles. The van der Waals surface area contributed by atoms with Gasteiger partial charge in [-0.05, 0) is 38.7 Å². The number of likely N-dealkylation sites (N-methyl/N-ethyl adjacent to an activating group) is 1. The van der Waals surface area contributed by atoms with Gasteiger partial charge in [0.2, 0.25) is 11.9 Å². The van der Waals surface area contributed by atoms with E-state index in [0.717, 1.165) is 5.56 Å². The van der Waals surface area contributed by atoms with E-state index in [0.29, 0.717) is 59.6 Å². The lowest BCUT2D eigenvalue weighted by Crippen LogP contribution is -2.51. The van der Waals surface area contributed by atoms with Crippen molar-refractivity contribution in [3.8, 4) is 0 Å². The van der Waals surface area contributed by atoms with Gasteiger partial charge in [0.05, 0.1) is 18.8 Å². The van der Waals surface area contributed by atoms with E-state index in [9.17, 15) is 4.79 Å². The first-order valence-corrected chi connectivity index (χ1v) is 10.8. The zero-order valence-electron chi connectivity index (χ0n) is 17.2. The minimum atomic E-state index is -0.129. The number of hydrogen-bond donors (Lipinski definition) is 1. The third-order valence-corrected chi connectivity index (χ3v) is 5.72. The van der Waals surface area contributed by atoms with Crippen LogP contribution in [0.15, 0.2) is 24.4 Å². The fourth-order valence-electron chi connectivity index (χ4n) is 3.27. The molecule has 1 atom stereocenters. The Morgan fingerprint density at radius 3 is 2.50 bits per heavy atom. The summed E-state index contributed by atoms with van der Waals surface area (Å²) in [6.07, 6.45) is 1.59. The van der Waals surface area contributed by atoms with Crippen molar-refractivity contribution in [1.82, 2.24) is 19.8 Å². The van der Waals surface area contributed by atoms with E-state index in [1.165, 1.54) is 0 Å². The van der Waals surface area contributed by atoms with Crippen LogP contribution in [-0.4, -0.2) is 72.5 Å². The molecule has 1 aromatic carbocycles. The summed E-state index contributed by atoms with van der Waals surface area (Å²) < 4.78 is 0. The van der Waals surface area contributed by atoms with Gasteiger partial charge in [0.1, 0.15) is 5.02 Å². The number of piperazine rings is 1. The van der Waals surface area contributed by atoms with Gasteiger partial charge in [-0.3, -0.25) is 4.79 Å². The maximum atomic E-state index is 12.2. The Hall–Kier alpha value is -1.80. The minimum Gasteiger partial charge on any atom is -0.362 e. The second-order valence-electron chi connectivity index (χ2n) is 7.50. The molecule has 1 fully saturated rings. The molecule has 1 unspecified atom stereocenters. The number of halogens is 3. The second kappa shape index (κ2) is 10.0. The SMILES string of the molecule is CC(Nc1nc(N2CCN(C(=O)CN(C)C)CC2)ncc1Cl)c1ccc(Cl)cc1Cl. The van der Waals surface area contributed by atoms with E-state index >= 15 is 0 Å². The topological polar surface area (TPSA) is 64.6 Å². The molecule has 7 nitrogen and oxygen atoms in total. The van der Waals surface area contributed by atoms with Crippen LogP contribution in [0.3, 0.4) is 0 Å². The van der Waals surface area contributed by atoms with Gasteiger partial charge in [-0.15, -0.1) is 0 Å². The van der Waals surface area contributed by atoms with Gasteiger partial charge in [0, 0.05) is 36.2 Å². The van der Waals surface area contributed by atoms with Crippen LogP contribution in [0.4, 0.5) is 11.8 Å². The first-order chi connectivity index (χ1) is 14.2. The average molecular weight is 472 g/mol. The lowest BCUT2D eigenvalue weighted by molar-refractivity contribution is -0.132. The molecule has 162 valence electrons. The summed E-state index contributed by atoms with van der Waals surface area (Å²) in [5.74, 6) is 1.25. The normalized spacial score (nSPS) is 15.4. The molecular formula is C20H25Cl3N6O. The maximum absolute atomic E-state index is 12.2. The van der Waals surface area contributed by atoms with Gasteiger partial charge in [0.25, 0.3) is 0 Å². The standard InChI is InChI=1S/C20H25Cl3N6O/c1-13(15-5-4-14(21)10-16(15)22)25-19-17(23)11-24-20(26-19)29-8-6-28(7-9-29)18(30)12-27(2)3/h4-5,10-11,13H,6-9,12H2,1-3H3,(H,24,25,26). The van der Waals surface area contributed by atoms with Gasteiger partial charge in [-0.25, -0.2) is 4.98 Å². The summed E-state index contributed by atoms with van der Waals surface area (Å²) in [6, 6.07) is 5.25. The van der Waals surface area contributed by atoms with Crippen molar-refractivity contribution in [3.05, 3.63) is 45.0 Å². The van der Waals surface area contributed by atoms with E-state index in [4.69, 9.17) is 34.8 Å². The van der Waals surface area contributed by atoms with Crippen molar-refractivity contribution in [3.63, 3.8) is 0 Å². The molecule has 0 saturated carbocycles. The molecule has 0 bridgehead atoms. The van der Waals surface area contributed by atoms with Crippen molar-refractivity contribution in [2.75, 3.05) is 57.0 Å². The number of carbonyl (C=O) groups excluding carboxylic acids is 1. The molecule has 1 N–H and O–H groups in total. The number of nitrogens with zero attached hydrogens (tertiary/aromatic N) is 5. The van der Waals surface area contributed by atoms with Crippen molar-refractivity contribution in [2.45, 2.75) is 13.0 Å². The molecule has 1 aliphatic rings. The molecule has 0 radical (unpaired) electrons. The van der Waals surface area contributed by atoms with E-state index in [2.05, 4.69) is 20.2 Å². The number of anilines is 2. The summed E-state index contributed by atoms with van der Waals surface area (Å²) in [6.45, 7) is 4.99. The monoisotopic (exact) mass is 470 g/mol. The zero-order chi connectivity index (χ0) is 21.8. The minimum absolute atomic E-state index is 0.129. The van der Waals surface area contributed by atoms with Crippen LogP contribution in [0.25, 0.3) is 0 Å². The average Bonchev–Trinajstić information content (AvgIpc) is 2.69. The zero-order valence-corrected chi connectivity index (χ0v) is 19.5. The predicted octanol–water partition coefficient (Wildman–Crippen LogP) is 3.82. The Morgan fingerprint density at radius 2 is 1.87 bits per heavy atom. The second-order valence-corrected chi connectivity index (χ2v) is 8.75. The first-order valence-electron chi connectivity index (χ1n) is 9.66. The number of rotatable bonds is 6. The number of amides is 1. The molecule has 0 spiro atoms. The lowest BCUT2D eigenvalue weighted by Gasteiger charge is -2.35. The number of nitrogens with one attached hydrogen (secondary N) is 1. The highest BCUT2D eigenvalue weighted by molar-refractivity contribution is 6.35. The summed E-state index contributed by atoms with van der Waals surface area (Å²) in [7, 11) is 3.78. The Kier molecular flexibility index (Phi) is 7.63. The largest absolute Gasteiger partial charge is 0.362 e. The first kappa shape index (κ1) is 22.9. The molecule has 30 heavy (non-hydrogen) atoms. The summed E-state index contributed by atoms with van der Waals surface area (Å²) in [4.78, 5) is 27.0. The summed E-state index contributed by atoms with van der Waals surface area (Å²) in [5, 5.41) is 4.89. The Bertz CT molecular complexity index is 902. The predicted molar refractivity (Wildman–Crippen MR) is 123 cm³/mol. The Labute approximate surface area is 191 Å². The molecule has 1 amide bonds. The van der Waals surface area contributed by atoms with E-state index in [1.54, 1.807) is 18.3 Å².